The van der Waals surface area contributed by atoms with Crippen molar-refractivity contribution in [2.45, 2.75) is 18.4 Å². The van der Waals surface area contributed by atoms with E-state index in [-0.39, 0.29) is 18.6 Å². The molecule has 0 atom stereocenters. The molecule has 0 heterocycles. The lowest BCUT2D eigenvalue weighted by Gasteiger charge is -2.18. The minimum atomic E-state index is -2.74. The molecule has 0 aromatic heterocycles. The first kappa shape index (κ1) is 19.2. The first-order valence-corrected chi connectivity index (χ1v) is 3.17. The van der Waals surface area contributed by atoms with Crippen LogP contribution >= 0.6 is 0 Å². The van der Waals surface area contributed by atoms with E-state index >= 15 is 0 Å². The summed E-state index contributed by atoms with van der Waals surface area (Å²) in [4.78, 5) is 30.5. The Bertz CT molecular complexity index is 238. The van der Waals surface area contributed by atoms with E-state index in [1.165, 1.54) is 0 Å². The molecule has 0 aliphatic heterocycles. The second-order valence-corrected chi connectivity index (χ2v) is 2.48. The zero-order chi connectivity index (χ0) is 10.6. The number of aliphatic carboxylic acids is 3. The predicted octanol–water partition coefficient (Wildman–Crippen LogP) is -3.87. The van der Waals surface area contributed by atoms with E-state index in [2.05, 4.69) is 0 Å². The molecule has 0 saturated carbocycles. The Hall–Kier alpha value is -1.38. The van der Waals surface area contributed by atoms with Gasteiger partial charge in [-0.05, 0) is 0 Å². The Balaban J connectivity index is -0.000000720. The normalized spacial score (nSPS) is 9.40. The first-order chi connectivity index (χ1) is 5.78. The molecular weight excluding hydrogens is 234 g/mol. The van der Waals surface area contributed by atoms with Gasteiger partial charge in [-0.25, -0.2) is 4.79 Å². The second kappa shape index (κ2) is 6.98. The molecule has 9 heteroatoms. The van der Waals surface area contributed by atoms with Crippen molar-refractivity contribution in [3.05, 3.63) is 0 Å². The Morgan fingerprint density at radius 2 is 1.20 bits per heavy atom. The average molecular weight is 246 g/mol. The summed E-state index contributed by atoms with van der Waals surface area (Å²) in [5.74, 6) is -5.02. The van der Waals surface area contributed by atoms with Crippen molar-refractivity contribution in [1.29, 1.82) is 0 Å². The van der Waals surface area contributed by atoms with Crippen LogP contribution in [0, 0.1) is 0 Å². The highest BCUT2D eigenvalue weighted by Gasteiger charge is 2.40. The maximum absolute atomic E-state index is 10.3. The van der Waals surface area contributed by atoms with E-state index in [9.17, 15) is 14.4 Å². The molecule has 0 aliphatic carbocycles. The molecular formula is C6H12ClNO7. The largest absolute Gasteiger partial charge is 1.00 e. The Morgan fingerprint density at radius 1 is 0.933 bits per heavy atom. The number of halogens is 1. The van der Waals surface area contributed by atoms with Crippen LogP contribution in [0.3, 0.4) is 0 Å². The third-order valence-electron chi connectivity index (χ3n) is 1.29. The smallest absolute Gasteiger partial charge is 0.336 e. The summed E-state index contributed by atoms with van der Waals surface area (Å²) in [6, 6.07) is 0. The SMILES string of the molecule is O=C(O)CC(O)(CC(=O)O)C(=O)O.[Cl-].[NH4+]. The number of aliphatic hydroxyl groups is 1. The number of quaternary nitrogens is 1. The number of carboxylic acids is 3. The zero-order valence-electron chi connectivity index (χ0n) is 7.81. The van der Waals surface area contributed by atoms with Crippen molar-refractivity contribution >= 4 is 17.9 Å². The molecule has 0 unspecified atom stereocenters. The molecule has 0 rings (SSSR count). The van der Waals surface area contributed by atoms with Crippen molar-refractivity contribution in [3.63, 3.8) is 0 Å². The zero-order valence-corrected chi connectivity index (χ0v) is 8.56. The van der Waals surface area contributed by atoms with Gasteiger partial charge in [0.05, 0.1) is 12.8 Å². The molecule has 0 aliphatic rings. The number of rotatable bonds is 5. The molecule has 0 fully saturated rings. The van der Waals surface area contributed by atoms with E-state index in [1.807, 2.05) is 0 Å². The van der Waals surface area contributed by atoms with Crippen molar-refractivity contribution in [1.82, 2.24) is 6.15 Å². The third kappa shape index (κ3) is 6.66. The highest BCUT2D eigenvalue weighted by atomic mass is 35.5. The summed E-state index contributed by atoms with van der Waals surface area (Å²) < 4.78 is 0. The van der Waals surface area contributed by atoms with E-state index in [0.717, 1.165) is 0 Å². The minimum absolute atomic E-state index is 0. The van der Waals surface area contributed by atoms with Gasteiger partial charge in [-0.1, -0.05) is 0 Å². The Kier molecular flexibility index (Phi) is 8.95. The van der Waals surface area contributed by atoms with E-state index in [1.54, 1.807) is 0 Å². The van der Waals surface area contributed by atoms with Crippen LogP contribution in [0.2, 0.25) is 0 Å². The van der Waals surface area contributed by atoms with Crippen LogP contribution < -0.4 is 18.6 Å². The fourth-order valence-corrected chi connectivity index (χ4v) is 0.714. The van der Waals surface area contributed by atoms with Gasteiger partial charge in [-0.3, -0.25) is 9.59 Å². The van der Waals surface area contributed by atoms with Crippen LogP contribution in [0.25, 0.3) is 0 Å². The fraction of sp³-hybridized carbons (Fsp3) is 0.500. The van der Waals surface area contributed by atoms with E-state index in [4.69, 9.17) is 20.4 Å². The maximum Gasteiger partial charge on any atom is 0.336 e. The lowest BCUT2D eigenvalue weighted by Crippen LogP contribution is -3.00. The summed E-state index contributed by atoms with van der Waals surface area (Å²) in [6.07, 6.45) is -2.29. The van der Waals surface area contributed by atoms with Gasteiger partial charge >= 0.3 is 17.9 Å². The Morgan fingerprint density at radius 3 is 1.33 bits per heavy atom. The third-order valence-corrected chi connectivity index (χ3v) is 1.29. The van der Waals surface area contributed by atoms with Crippen LogP contribution in [0.15, 0.2) is 0 Å². The van der Waals surface area contributed by atoms with Crippen molar-refractivity contribution in [2.75, 3.05) is 0 Å². The van der Waals surface area contributed by atoms with Gasteiger partial charge in [0.15, 0.2) is 5.60 Å². The second-order valence-electron chi connectivity index (χ2n) is 2.48. The van der Waals surface area contributed by atoms with E-state index in [0.29, 0.717) is 0 Å². The van der Waals surface area contributed by atoms with Gasteiger partial charge in [0.25, 0.3) is 0 Å². The van der Waals surface area contributed by atoms with Crippen molar-refractivity contribution < 1.29 is 47.2 Å². The van der Waals surface area contributed by atoms with Crippen LogP contribution in [0.1, 0.15) is 12.8 Å². The van der Waals surface area contributed by atoms with Crippen LogP contribution in [0.4, 0.5) is 0 Å². The molecule has 0 aromatic carbocycles. The number of carboxylic acid groups (broad SMARTS) is 3. The van der Waals surface area contributed by atoms with Gasteiger partial charge in [0.2, 0.25) is 0 Å². The molecule has 8 N–H and O–H groups in total. The molecule has 90 valence electrons. The quantitative estimate of drug-likeness (QED) is 0.330. The molecule has 0 radical (unpaired) electrons. The van der Waals surface area contributed by atoms with Gasteiger partial charge < -0.3 is 39.0 Å². The molecule has 0 aromatic rings. The summed E-state index contributed by atoms with van der Waals surface area (Å²) in [5.41, 5.74) is -2.74. The summed E-state index contributed by atoms with van der Waals surface area (Å²) in [5, 5.41) is 33.8. The van der Waals surface area contributed by atoms with Gasteiger partial charge in [0.1, 0.15) is 0 Å². The average Bonchev–Trinajstić information content (AvgIpc) is 1.82. The summed E-state index contributed by atoms with van der Waals surface area (Å²) >= 11 is 0. The Labute approximate surface area is 90.5 Å². The topological polar surface area (TPSA) is 169 Å². The lowest BCUT2D eigenvalue weighted by molar-refractivity contribution is -0.170. The van der Waals surface area contributed by atoms with Crippen LogP contribution in [0.5, 0.6) is 0 Å². The highest BCUT2D eigenvalue weighted by molar-refractivity contribution is 5.88. The monoisotopic (exact) mass is 245 g/mol. The van der Waals surface area contributed by atoms with Crippen LogP contribution in [-0.4, -0.2) is 43.9 Å². The minimum Gasteiger partial charge on any atom is -1.00 e. The molecule has 0 spiro atoms. The summed E-state index contributed by atoms with van der Waals surface area (Å²) in [7, 11) is 0. The van der Waals surface area contributed by atoms with E-state index < -0.39 is 36.4 Å². The molecule has 0 bridgehead atoms. The standard InChI is InChI=1S/C6H8O7.ClH.H3N/c7-3(8)1-6(13,5(11)12)2-4(9)10;;/h13H,1-2H2,(H,7,8)(H,9,10)(H,11,12);1H;1H3. The molecule has 0 amide bonds. The van der Waals surface area contributed by atoms with Crippen molar-refractivity contribution in [2.24, 2.45) is 0 Å². The predicted molar refractivity (Wildman–Crippen MR) is 43.1 cm³/mol. The van der Waals surface area contributed by atoms with Gasteiger partial charge in [-0.2, -0.15) is 0 Å². The number of hydrogen-bond donors (Lipinski definition) is 5. The van der Waals surface area contributed by atoms with Gasteiger partial charge in [0, 0.05) is 0 Å². The summed E-state index contributed by atoms with van der Waals surface area (Å²) in [6.45, 7) is 0. The lowest BCUT2D eigenvalue weighted by atomic mass is 9.96. The molecule has 0 saturated heterocycles. The fourth-order valence-electron chi connectivity index (χ4n) is 0.714. The van der Waals surface area contributed by atoms with Crippen molar-refractivity contribution in [3.8, 4) is 0 Å². The number of carbonyl (C=O) groups is 3. The highest BCUT2D eigenvalue weighted by Crippen LogP contribution is 2.15. The van der Waals surface area contributed by atoms with Crippen LogP contribution in [-0.2, 0) is 14.4 Å². The molecule has 15 heavy (non-hydrogen) atoms. The molecule has 8 nitrogen and oxygen atoms in total. The maximum atomic E-state index is 10.3. The van der Waals surface area contributed by atoms with Gasteiger partial charge in [-0.15, -0.1) is 0 Å². The number of hydrogen-bond acceptors (Lipinski definition) is 4. The first-order valence-electron chi connectivity index (χ1n) is 3.17.